The topological polar surface area (TPSA) is 67.0 Å². The van der Waals surface area contributed by atoms with Gasteiger partial charge in [-0.1, -0.05) is 30.3 Å². The number of carbonyl (C=O) groups is 1. The SMILES string of the molecule is O=C(Nc1c[nH]c2ccncc12)OCc1ccccc1. The van der Waals surface area contributed by atoms with E-state index in [-0.39, 0.29) is 6.61 Å². The van der Waals surface area contributed by atoms with Gasteiger partial charge in [0.05, 0.1) is 11.2 Å². The molecule has 0 atom stereocenters. The molecule has 0 aliphatic carbocycles. The number of benzene rings is 1. The van der Waals surface area contributed by atoms with Crippen LogP contribution in [0.1, 0.15) is 5.56 Å². The van der Waals surface area contributed by atoms with Gasteiger partial charge in [-0.2, -0.15) is 0 Å². The van der Waals surface area contributed by atoms with Crippen molar-refractivity contribution in [2.24, 2.45) is 0 Å². The second kappa shape index (κ2) is 5.44. The zero-order valence-electron chi connectivity index (χ0n) is 10.7. The maximum Gasteiger partial charge on any atom is 0.412 e. The Hall–Kier alpha value is -2.82. The fourth-order valence-corrected chi connectivity index (χ4v) is 1.94. The minimum atomic E-state index is -0.487. The molecule has 2 N–H and O–H groups in total. The maximum absolute atomic E-state index is 11.8. The molecular weight excluding hydrogens is 254 g/mol. The minimum Gasteiger partial charge on any atom is -0.444 e. The van der Waals surface area contributed by atoms with Gasteiger partial charge in [-0.15, -0.1) is 0 Å². The largest absolute Gasteiger partial charge is 0.444 e. The third-order valence-corrected chi connectivity index (χ3v) is 2.93. The van der Waals surface area contributed by atoms with Gasteiger partial charge in [0.2, 0.25) is 0 Å². The fraction of sp³-hybridized carbons (Fsp3) is 0.0667. The van der Waals surface area contributed by atoms with E-state index in [2.05, 4.69) is 15.3 Å². The van der Waals surface area contributed by atoms with E-state index in [0.29, 0.717) is 5.69 Å². The number of ether oxygens (including phenoxy) is 1. The predicted octanol–water partition coefficient (Wildman–Crippen LogP) is 3.31. The third kappa shape index (κ3) is 2.61. The van der Waals surface area contributed by atoms with Crippen molar-refractivity contribution in [2.75, 3.05) is 5.32 Å². The second-order valence-electron chi connectivity index (χ2n) is 4.31. The van der Waals surface area contributed by atoms with Gasteiger partial charge >= 0.3 is 6.09 Å². The molecule has 0 spiro atoms. The zero-order valence-corrected chi connectivity index (χ0v) is 10.7. The van der Waals surface area contributed by atoms with Gasteiger partial charge in [-0.3, -0.25) is 10.3 Å². The first-order chi connectivity index (χ1) is 9.83. The maximum atomic E-state index is 11.8. The summed E-state index contributed by atoms with van der Waals surface area (Å²) in [6.45, 7) is 0.243. The molecule has 0 fully saturated rings. The van der Waals surface area contributed by atoms with Gasteiger partial charge in [0.1, 0.15) is 6.61 Å². The van der Waals surface area contributed by atoms with Gasteiger partial charge < -0.3 is 9.72 Å². The number of fused-ring (bicyclic) bond motifs is 1. The number of aromatic amines is 1. The molecule has 0 radical (unpaired) electrons. The van der Waals surface area contributed by atoms with Gasteiger partial charge in [0.15, 0.2) is 0 Å². The first-order valence-corrected chi connectivity index (χ1v) is 6.22. The van der Waals surface area contributed by atoms with Crippen molar-refractivity contribution in [3.05, 3.63) is 60.6 Å². The van der Waals surface area contributed by atoms with Crippen molar-refractivity contribution in [1.82, 2.24) is 9.97 Å². The summed E-state index contributed by atoms with van der Waals surface area (Å²) in [5.41, 5.74) is 2.52. The minimum absolute atomic E-state index is 0.243. The van der Waals surface area contributed by atoms with Crippen molar-refractivity contribution >= 4 is 22.7 Å². The van der Waals surface area contributed by atoms with Gasteiger partial charge in [-0.05, 0) is 11.6 Å². The first-order valence-electron chi connectivity index (χ1n) is 6.22. The number of anilines is 1. The van der Waals surface area contributed by atoms with E-state index < -0.39 is 6.09 Å². The predicted molar refractivity (Wildman–Crippen MR) is 76.3 cm³/mol. The van der Waals surface area contributed by atoms with Crippen LogP contribution in [0.3, 0.4) is 0 Å². The quantitative estimate of drug-likeness (QED) is 0.765. The molecule has 5 nitrogen and oxygen atoms in total. The Kier molecular flexibility index (Phi) is 3.33. The Labute approximate surface area is 115 Å². The summed E-state index contributed by atoms with van der Waals surface area (Å²) in [6, 6.07) is 11.4. The van der Waals surface area contributed by atoms with Crippen LogP contribution >= 0.6 is 0 Å². The number of hydrogen-bond acceptors (Lipinski definition) is 3. The summed E-state index contributed by atoms with van der Waals surface area (Å²) in [5.74, 6) is 0. The Balaban J connectivity index is 1.64. The molecule has 0 aliphatic rings. The fourth-order valence-electron chi connectivity index (χ4n) is 1.94. The highest BCUT2D eigenvalue weighted by molar-refractivity contribution is 5.98. The summed E-state index contributed by atoms with van der Waals surface area (Å²) in [6.07, 6.45) is 4.61. The second-order valence-corrected chi connectivity index (χ2v) is 4.31. The highest BCUT2D eigenvalue weighted by Crippen LogP contribution is 2.21. The first kappa shape index (κ1) is 12.2. The van der Waals surface area contributed by atoms with E-state index in [9.17, 15) is 4.79 Å². The van der Waals surface area contributed by atoms with Crippen LogP contribution in [0.15, 0.2) is 55.0 Å². The number of nitrogens with one attached hydrogen (secondary N) is 2. The molecular formula is C15H13N3O2. The average Bonchev–Trinajstić information content (AvgIpc) is 2.90. The summed E-state index contributed by atoms with van der Waals surface area (Å²) >= 11 is 0. The lowest BCUT2D eigenvalue weighted by Gasteiger charge is -2.06. The Morgan fingerprint density at radius 2 is 2.10 bits per heavy atom. The lowest BCUT2D eigenvalue weighted by Crippen LogP contribution is -2.13. The van der Waals surface area contributed by atoms with Crippen LogP contribution in [0.5, 0.6) is 0 Å². The molecule has 1 aromatic carbocycles. The number of aromatic nitrogens is 2. The monoisotopic (exact) mass is 267 g/mol. The van der Waals surface area contributed by atoms with Crippen LogP contribution in [0.4, 0.5) is 10.5 Å². The normalized spacial score (nSPS) is 10.4. The van der Waals surface area contributed by atoms with E-state index in [1.54, 1.807) is 18.6 Å². The highest BCUT2D eigenvalue weighted by atomic mass is 16.5. The molecule has 0 aliphatic heterocycles. The van der Waals surface area contributed by atoms with Gasteiger partial charge in [0, 0.05) is 24.0 Å². The molecule has 0 saturated carbocycles. The highest BCUT2D eigenvalue weighted by Gasteiger charge is 2.08. The Morgan fingerprint density at radius 1 is 1.25 bits per heavy atom. The van der Waals surface area contributed by atoms with E-state index >= 15 is 0 Å². The van der Waals surface area contributed by atoms with E-state index in [1.807, 2.05) is 36.4 Å². The molecule has 100 valence electrons. The van der Waals surface area contributed by atoms with Crippen molar-refractivity contribution in [2.45, 2.75) is 6.61 Å². The van der Waals surface area contributed by atoms with E-state index in [1.165, 1.54) is 0 Å². The number of hydrogen-bond donors (Lipinski definition) is 2. The number of amides is 1. The van der Waals surface area contributed by atoms with Crippen LogP contribution in [-0.2, 0) is 11.3 Å². The van der Waals surface area contributed by atoms with E-state index in [0.717, 1.165) is 16.5 Å². The molecule has 3 aromatic rings. The molecule has 2 heterocycles. The van der Waals surface area contributed by atoms with Crippen LogP contribution in [0.2, 0.25) is 0 Å². The van der Waals surface area contributed by atoms with Gasteiger partial charge in [-0.25, -0.2) is 4.79 Å². The molecule has 0 bridgehead atoms. The summed E-state index contributed by atoms with van der Waals surface area (Å²) in [7, 11) is 0. The Bertz CT molecular complexity index is 722. The number of pyridine rings is 1. The number of H-pyrrole nitrogens is 1. The molecule has 1 amide bonds. The molecule has 20 heavy (non-hydrogen) atoms. The van der Waals surface area contributed by atoms with Crippen molar-refractivity contribution in [1.29, 1.82) is 0 Å². The van der Waals surface area contributed by atoms with Crippen LogP contribution in [0.25, 0.3) is 10.9 Å². The van der Waals surface area contributed by atoms with Crippen LogP contribution in [-0.4, -0.2) is 16.1 Å². The van der Waals surface area contributed by atoms with Crippen molar-refractivity contribution in [3.8, 4) is 0 Å². The number of nitrogens with zero attached hydrogens (tertiary/aromatic N) is 1. The third-order valence-electron chi connectivity index (χ3n) is 2.93. The lowest BCUT2D eigenvalue weighted by molar-refractivity contribution is 0.155. The molecule has 0 saturated heterocycles. The smallest absolute Gasteiger partial charge is 0.412 e. The van der Waals surface area contributed by atoms with Crippen LogP contribution < -0.4 is 5.32 Å². The number of carbonyl (C=O) groups excluding carboxylic acids is 1. The standard InChI is InChI=1S/C15H13N3O2/c19-15(20-10-11-4-2-1-3-5-11)18-14-9-17-13-6-7-16-8-12(13)14/h1-9,17H,10H2,(H,18,19). The van der Waals surface area contributed by atoms with Crippen molar-refractivity contribution < 1.29 is 9.53 Å². The summed E-state index contributed by atoms with van der Waals surface area (Å²) in [4.78, 5) is 18.9. The summed E-state index contributed by atoms with van der Waals surface area (Å²) < 4.78 is 5.17. The van der Waals surface area contributed by atoms with Crippen molar-refractivity contribution in [3.63, 3.8) is 0 Å². The van der Waals surface area contributed by atoms with Gasteiger partial charge in [0.25, 0.3) is 0 Å². The number of rotatable bonds is 3. The molecule has 2 aromatic heterocycles. The Morgan fingerprint density at radius 3 is 2.95 bits per heavy atom. The molecule has 3 rings (SSSR count). The molecule has 5 heteroatoms. The summed E-state index contributed by atoms with van der Waals surface area (Å²) in [5, 5.41) is 3.55. The van der Waals surface area contributed by atoms with E-state index in [4.69, 9.17) is 4.74 Å². The molecule has 0 unspecified atom stereocenters. The zero-order chi connectivity index (χ0) is 13.8. The van der Waals surface area contributed by atoms with Crippen LogP contribution in [0, 0.1) is 0 Å². The lowest BCUT2D eigenvalue weighted by atomic mass is 10.2. The average molecular weight is 267 g/mol.